The van der Waals surface area contributed by atoms with E-state index < -0.39 is 5.82 Å². The van der Waals surface area contributed by atoms with Crippen LogP contribution in [0.25, 0.3) is 10.2 Å². The van der Waals surface area contributed by atoms with Crippen molar-refractivity contribution in [2.24, 2.45) is 0 Å². The summed E-state index contributed by atoms with van der Waals surface area (Å²) in [5, 5.41) is 3.48. The Labute approximate surface area is 166 Å². The van der Waals surface area contributed by atoms with Gasteiger partial charge in [0.05, 0.1) is 29.9 Å². The highest BCUT2D eigenvalue weighted by atomic mass is 32.1. The van der Waals surface area contributed by atoms with Crippen molar-refractivity contribution in [2.45, 2.75) is 6.54 Å². The molecule has 2 aromatic carbocycles. The van der Waals surface area contributed by atoms with Crippen molar-refractivity contribution < 1.29 is 14.0 Å². The van der Waals surface area contributed by atoms with E-state index in [0.29, 0.717) is 12.2 Å². The number of nitrogens with zero attached hydrogens (tertiary/aromatic N) is 3. The van der Waals surface area contributed by atoms with E-state index in [0.717, 1.165) is 15.2 Å². The molecular weight excluding hydrogens is 379 g/mol. The third-order valence-electron chi connectivity index (χ3n) is 4.06. The first kappa shape index (κ1) is 19.9. The van der Waals surface area contributed by atoms with Gasteiger partial charge in [-0.1, -0.05) is 18.2 Å². The van der Waals surface area contributed by atoms with E-state index in [9.17, 15) is 14.0 Å². The first-order valence-electron chi connectivity index (χ1n) is 8.73. The molecule has 28 heavy (non-hydrogen) atoms. The van der Waals surface area contributed by atoms with Gasteiger partial charge in [-0.25, -0.2) is 9.37 Å². The Morgan fingerprint density at radius 3 is 2.64 bits per heavy atom. The zero-order valence-corrected chi connectivity index (χ0v) is 16.5. The van der Waals surface area contributed by atoms with Crippen molar-refractivity contribution in [1.82, 2.24) is 14.8 Å². The van der Waals surface area contributed by atoms with Gasteiger partial charge in [0.2, 0.25) is 11.8 Å². The van der Waals surface area contributed by atoms with Crippen LogP contribution >= 0.6 is 11.3 Å². The molecule has 0 spiro atoms. The molecule has 1 heterocycles. The lowest BCUT2D eigenvalue weighted by atomic mass is 10.3. The minimum absolute atomic E-state index is 0.0250. The Kier molecular flexibility index (Phi) is 6.33. The molecule has 3 aromatic rings. The van der Waals surface area contributed by atoms with Crippen molar-refractivity contribution in [3.05, 3.63) is 59.4 Å². The number of thiazole rings is 1. The van der Waals surface area contributed by atoms with Gasteiger partial charge >= 0.3 is 0 Å². The maximum absolute atomic E-state index is 13.2. The number of para-hydroxylation sites is 1. The maximum atomic E-state index is 13.2. The number of halogens is 1. The Hall–Kier alpha value is -2.84. The number of rotatable bonds is 7. The van der Waals surface area contributed by atoms with Gasteiger partial charge in [-0.15, -0.1) is 11.3 Å². The number of hydrogen-bond donors (Lipinski definition) is 1. The summed E-state index contributed by atoms with van der Waals surface area (Å²) in [6, 6.07) is 13.5. The molecule has 0 aliphatic rings. The molecule has 0 aliphatic carbocycles. The summed E-state index contributed by atoms with van der Waals surface area (Å²) in [7, 11) is 3.41. The fourth-order valence-corrected chi connectivity index (χ4v) is 3.72. The summed E-state index contributed by atoms with van der Waals surface area (Å²) < 4.78 is 14.3. The first-order valence-corrected chi connectivity index (χ1v) is 9.55. The maximum Gasteiger partial charge on any atom is 0.238 e. The number of carbonyl (C=O) groups is 2. The lowest BCUT2D eigenvalue weighted by molar-refractivity contribution is -0.131. The molecule has 6 nitrogen and oxygen atoms in total. The van der Waals surface area contributed by atoms with Crippen LogP contribution in [0.4, 0.5) is 10.1 Å². The molecule has 0 bridgehead atoms. The number of anilines is 1. The standard InChI is InChI=1S/C20H21FN4O2S/c1-24(11-18(26)22-15-7-5-6-14(21)10-15)13-20(27)25(2)12-19-23-16-8-3-4-9-17(16)28-19/h3-10H,11-13H2,1-2H3,(H,22,26). The van der Waals surface area contributed by atoms with Crippen LogP contribution in [0.3, 0.4) is 0 Å². The molecule has 146 valence electrons. The molecule has 0 saturated carbocycles. The Morgan fingerprint density at radius 2 is 1.89 bits per heavy atom. The number of likely N-dealkylation sites (N-methyl/N-ethyl adjacent to an activating group) is 2. The predicted molar refractivity (Wildman–Crippen MR) is 109 cm³/mol. The van der Waals surface area contributed by atoms with Crippen LogP contribution in [0.5, 0.6) is 0 Å². The molecule has 0 radical (unpaired) electrons. The highest BCUT2D eigenvalue weighted by Crippen LogP contribution is 2.22. The summed E-state index contributed by atoms with van der Waals surface area (Å²) in [6.07, 6.45) is 0. The van der Waals surface area contributed by atoms with Crippen LogP contribution in [0.1, 0.15) is 5.01 Å². The number of amides is 2. The van der Waals surface area contributed by atoms with Crippen molar-refractivity contribution >= 4 is 39.1 Å². The molecule has 2 amide bonds. The van der Waals surface area contributed by atoms with Gasteiger partial charge in [0.15, 0.2) is 0 Å². The first-order chi connectivity index (χ1) is 13.4. The average Bonchev–Trinajstić information content (AvgIpc) is 3.03. The van der Waals surface area contributed by atoms with Crippen molar-refractivity contribution in [3.8, 4) is 0 Å². The molecular formula is C20H21FN4O2S. The third kappa shape index (κ3) is 5.34. The summed E-state index contributed by atoms with van der Waals surface area (Å²) in [6.45, 7) is 0.538. The van der Waals surface area contributed by atoms with Gasteiger partial charge in [0.1, 0.15) is 10.8 Å². The lowest BCUT2D eigenvalue weighted by Gasteiger charge is -2.21. The number of hydrogen-bond acceptors (Lipinski definition) is 5. The highest BCUT2D eigenvalue weighted by molar-refractivity contribution is 7.18. The van der Waals surface area contributed by atoms with E-state index in [1.54, 1.807) is 41.3 Å². The smallest absolute Gasteiger partial charge is 0.238 e. The molecule has 0 atom stereocenters. The number of fused-ring (bicyclic) bond motifs is 1. The largest absolute Gasteiger partial charge is 0.338 e. The lowest BCUT2D eigenvalue weighted by Crippen LogP contribution is -2.39. The minimum Gasteiger partial charge on any atom is -0.338 e. The predicted octanol–water partition coefficient (Wildman–Crippen LogP) is 2.96. The monoisotopic (exact) mass is 400 g/mol. The molecule has 3 rings (SSSR count). The normalized spacial score (nSPS) is 11.0. The quantitative estimate of drug-likeness (QED) is 0.662. The molecule has 0 unspecified atom stereocenters. The van der Waals surface area contributed by atoms with Crippen LogP contribution in [0, 0.1) is 5.82 Å². The van der Waals surface area contributed by atoms with E-state index in [2.05, 4.69) is 10.3 Å². The van der Waals surface area contributed by atoms with Crippen LogP contribution in [0.2, 0.25) is 0 Å². The second-order valence-corrected chi connectivity index (χ2v) is 7.67. The molecule has 1 aromatic heterocycles. The van der Waals surface area contributed by atoms with Gasteiger partial charge in [0.25, 0.3) is 0 Å². The van der Waals surface area contributed by atoms with Crippen LogP contribution < -0.4 is 5.32 Å². The number of benzene rings is 2. The fraction of sp³-hybridized carbons (Fsp3) is 0.250. The Bertz CT molecular complexity index is 958. The zero-order chi connectivity index (χ0) is 20.1. The topological polar surface area (TPSA) is 65.5 Å². The Balaban J connectivity index is 1.49. The van der Waals surface area contributed by atoms with Gasteiger partial charge in [0, 0.05) is 12.7 Å². The minimum atomic E-state index is -0.419. The van der Waals surface area contributed by atoms with E-state index in [1.165, 1.54) is 18.2 Å². The van der Waals surface area contributed by atoms with E-state index in [1.807, 2.05) is 24.3 Å². The molecule has 1 N–H and O–H groups in total. The second kappa shape index (κ2) is 8.90. The van der Waals surface area contributed by atoms with E-state index in [4.69, 9.17) is 0 Å². The number of carbonyl (C=O) groups excluding carboxylic acids is 2. The van der Waals surface area contributed by atoms with Gasteiger partial charge in [-0.3, -0.25) is 14.5 Å². The fourth-order valence-electron chi connectivity index (χ4n) is 2.70. The molecule has 8 heteroatoms. The summed E-state index contributed by atoms with van der Waals surface area (Å²) >= 11 is 1.56. The van der Waals surface area contributed by atoms with Crippen LogP contribution in [-0.4, -0.2) is 53.8 Å². The highest BCUT2D eigenvalue weighted by Gasteiger charge is 2.16. The Morgan fingerprint density at radius 1 is 1.11 bits per heavy atom. The van der Waals surface area contributed by atoms with Gasteiger partial charge in [-0.2, -0.15) is 0 Å². The molecule has 0 fully saturated rings. The van der Waals surface area contributed by atoms with Gasteiger partial charge < -0.3 is 10.2 Å². The summed E-state index contributed by atoms with van der Waals surface area (Å²) in [5.74, 6) is -0.840. The summed E-state index contributed by atoms with van der Waals surface area (Å²) in [5.41, 5.74) is 1.31. The van der Waals surface area contributed by atoms with Crippen LogP contribution in [0.15, 0.2) is 48.5 Å². The second-order valence-electron chi connectivity index (χ2n) is 6.56. The summed E-state index contributed by atoms with van der Waals surface area (Å²) in [4.78, 5) is 32.3. The molecule has 0 saturated heterocycles. The van der Waals surface area contributed by atoms with Crippen molar-refractivity contribution in [1.29, 1.82) is 0 Å². The van der Waals surface area contributed by atoms with Crippen LogP contribution in [-0.2, 0) is 16.1 Å². The molecule has 0 aliphatic heterocycles. The van der Waals surface area contributed by atoms with E-state index in [-0.39, 0.29) is 24.9 Å². The number of nitrogens with one attached hydrogen (secondary N) is 1. The zero-order valence-electron chi connectivity index (χ0n) is 15.7. The van der Waals surface area contributed by atoms with E-state index >= 15 is 0 Å². The van der Waals surface area contributed by atoms with Crippen molar-refractivity contribution in [3.63, 3.8) is 0 Å². The number of aromatic nitrogens is 1. The average molecular weight is 400 g/mol. The SMILES string of the molecule is CN(CC(=O)Nc1cccc(F)c1)CC(=O)N(C)Cc1nc2ccccc2s1. The van der Waals surface area contributed by atoms with Gasteiger partial charge in [-0.05, 0) is 37.4 Å². The van der Waals surface area contributed by atoms with Crippen molar-refractivity contribution in [2.75, 3.05) is 32.5 Å². The third-order valence-corrected chi connectivity index (χ3v) is 5.08.